The van der Waals surface area contributed by atoms with Crippen molar-refractivity contribution < 1.29 is 14.3 Å². The summed E-state index contributed by atoms with van der Waals surface area (Å²) in [5.74, 6) is 0.235. The lowest BCUT2D eigenvalue weighted by atomic mass is 10.3. The Kier molecular flexibility index (Phi) is 5.57. The second kappa shape index (κ2) is 8.24. The first-order chi connectivity index (χ1) is 12.7. The standard InChI is InChI=1S/C17H20N6O3/c1-3-4-10-22-15(18-20-21-22)12-26-17(24)16-14(25-2)11-23(19-16)13-8-6-5-7-9-13/h5-9,11H,3-4,10,12H2,1-2H3. The Morgan fingerprint density at radius 3 is 2.77 bits per heavy atom. The normalized spacial score (nSPS) is 10.7. The summed E-state index contributed by atoms with van der Waals surface area (Å²) in [7, 11) is 1.48. The highest BCUT2D eigenvalue weighted by molar-refractivity contribution is 5.90. The molecule has 0 fully saturated rings. The molecule has 0 atom stereocenters. The second-order valence-corrected chi connectivity index (χ2v) is 5.57. The van der Waals surface area contributed by atoms with Crippen LogP contribution in [-0.4, -0.2) is 43.1 Å². The van der Waals surface area contributed by atoms with E-state index in [1.807, 2.05) is 30.3 Å². The Labute approximate surface area is 150 Å². The summed E-state index contributed by atoms with van der Waals surface area (Å²) >= 11 is 0. The molecule has 136 valence electrons. The lowest BCUT2D eigenvalue weighted by molar-refractivity contribution is 0.0445. The number of tetrazole rings is 1. The van der Waals surface area contributed by atoms with Crippen molar-refractivity contribution in [3.05, 3.63) is 48.0 Å². The minimum Gasteiger partial charge on any atom is -0.493 e. The van der Waals surface area contributed by atoms with Crippen molar-refractivity contribution in [2.45, 2.75) is 32.9 Å². The fourth-order valence-electron chi connectivity index (χ4n) is 2.37. The number of ether oxygens (including phenoxy) is 2. The molecule has 9 heteroatoms. The predicted molar refractivity (Wildman–Crippen MR) is 92.0 cm³/mol. The molecule has 26 heavy (non-hydrogen) atoms. The predicted octanol–water partition coefficient (Wildman–Crippen LogP) is 2.02. The number of aromatic nitrogens is 6. The molecule has 0 radical (unpaired) electrons. The fourth-order valence-corrected chi connectivity index (χ4v) is 2.37. The van der Waals surface area contributed by atoms with Gasteiger partial charge in [0.25, 0.3) is 0 Å². The maximum absolute atomic E-state index is 12.4. The van der Waals surface area contributed by atoms with Gasteiger partial charge in [0.1, 0.15) is 0 Å². The molecule has 0 aliphatic heterocycles. The van der Waals surface area contributed by atoms with Crippen LogP contribution in [0.1, 0.15) is 36.1 Å². The number of benzene rings is 1. The molecule has 2 heterocycles. The van der Waals surface area contributed by atoms with Gasteiger partial charge in [0.15, 0.2) is 18.2 Å². The number of aryl methyl sites for hydroxylation is 1. The molecule has 9 nitrogen and oxygen atoms in total. The highest BCUT2D eigenvalue weighted by Crippen LogP contribution is 2.20. The fraction of sp³-hybridized carbons (Fsp3) is 0.353. The van der Waals surface area contributed by atoms with Crippen LogP contribution >= 0.6 is 0 Å². The lowest BCUT2D eigenvalue weighted by Gasteiger charge is -2.05. The van der Waals surface area contributed by atoms with Crippen molar-refractivity contribution in [3.8, 4) is 11.4 Å². The zero-order chi connectivity index (χ0) is 18.4. The molecule has 1 aromatic carbocycles. The molecule has 0 N–H and O–H groups in total. The van der Waals surface area contributed by atoms with E-state index in [4.69, 9.17) is 9.47 Å². The zero-order valence-electron chi connectivity index (χ0n) is 14.7. The van der Waals surface area contributed by atoms with Gasteiger partial charge in [-0.25, -0.2) is 14.2 Å². The van der Waals surface area contributed by atoms with Crippen molar-refractivity contribution in [2.75, 3.05) is 7.11 Å². The molecule has 0 unspecified atom stereocenters. The quantitative estimate of drug-likeness (QED) is 0.570. The third-order valence-electron chi connectivity index (χ3n) is 3.78. The molecule has 3 aromatic rings. The van der Waals surface area contributed by atoms with Crippen LogP contribution in [0.25, 0.3) is 5.69 Å². The molecule has 0 saturated carbocycles. The molecule has 0 saturated heterocycles. The van der Waals surface area contributed by atoms with Crippen molar-refractivity contribution >= 4 is 5.97 Å². The van der Waals surface area contributed by atoms with Gasteiger partial charge in [-0.3, -0.25) is 0 Å². The molecule has 0 aliphatic carbocycles. The minimum absolute atomic E-state index is 0.0309. The van der Waals surface area contributed by atoms with Gasteiger partial charge in [-0.15, -0.1) is 5.10 Å². The Morgan fingerprint density at radius 1 is 1.23 bits per heavy atom. The molecular formula is C17H20N6O3. The average molecular weight is 356 g/mol. The summed E-state index contributed by atoms with van der Waals surface area (Å²) in [4.78, 5) is 12.4. The van der Waals surface area contributed by atoms with Crippen LogP contribution in [0.15, 0.2) is 36.5 Å². The summed E-state index contributed by atoms with van der Waals surface area (Å²) in [5.41, 5.74) is 0.914. The first kappa shape index (κ1) is 17.6. The van der Waals surface area contributed by atoms with Crippen molar-refractivity contribution in [2.24, 2.45) is 0 Å². The van der Waals surface area contributed by atoms with Gasteiger partial charge in [-0.05, 0) is 29.0 Å². The van der Waals surface area contributed by atoms with E-state index in [1.165, 1.54) is 7.11 Å². The maximum atomic E-state index is 12.4. The third-order valence-corrected chi connectivity index (χ3v) is 3.78. The summed E-state index contributed by atoms with van der Waals surface area (Å²) < 4.78 is 13.8. The lowest BCUT2D eigenvalue weighted by Crippen LogP contribution is -2.12. The van der Waals surface area contributed by atoms with Crippen LogP contribution in [0.4, 0.5) is 0 Å². The molecule has 0 amide bonds. The highest BCUT2D eigenvalue weighted by atomic mass is 16.5. The van der Waals surface area contributed by atoms with E-state index >= 15 is 0 Å². The van der Waals surface area contributed by atoms with Gasteiger partial charge in [-0.2, -0.15) is 5.10 Å². The van der Waals surface area contributed by atoms with E-state index in [-0.39, 0.29) is 12.3 Å². The first-order valence-corrected chi connectivity index (χ1v) is 8.34. The van der Waals surface area contributed by atoms with Gasteiger partial charge in [-0.1, -0.05) is 31.5 Å². The summed E-state index contributed by atoms with van der Waals surface area (Å²) in [6.45, 7) is 2.73. The largest absolute Gasteiger partial charge is 0.493 e. The van der Waals surface area contributed by atoms with E-state index in [0.29, 0.717) is 18.1 Å². The zero-order valence-corrected chi connectivity index (χ0v) is 14.7. The molecule has 3 rings (SSSR count). The van der Waals surface area contributed by atoms with Gasteiger partial charge in [0, 0.05) is 6.54 Å². The van der Waals surface area contributed by atoms with Crippen molar-refractivity contribution in [1.29, 1.82) is 0 Å². The van der Waals surface area contributed by atoms with Crippen LogP contribution in [0.3, 0.4) is 0 Å². The molecule has 0 spiro atoms. The third kappa shape index (κ3) is 3.88. The monoisotopic (exact) mass is 356 g/mol. The van der Waals surface area contributed by atoms with Crippen LogP contribution < -0.4 is 4.74 Å². The van der Waals surface area contributed by atoms with Gasteiger partial charge < -0.3 is 9.47 Å². The number of para-hydroxylation sites is 1. The molecule has 0 bridgehead atoms. The van der Waals surface area contributed by atoms with Gasteiger partial charge >= 0.3 is 5.97 Å². The van der Waals surface area contributed by atoms with Crippen molar-refractivity contribution in [1.82, 2.24) is 30.0 Å². The summed E-state index contributed by atoms with van der Waals surface area (Å²) in [6.07, 6.45) is 3.60. The molecule has 2 aromatic heterocycles. The van der Waals surface area contributed by atoms with E-state index in [1.54, 1.807) is 15.6 Å². The summed E-state index contributed by atoms with van der Waals surface area (Å²) in [5, 5.41) is 15.7. The average Bonchev–Trinajstić information content (AvgIpc) is 3.31. The number of esters is 1. The van der Waals surface area contributed by atoms with Crippen LogP contribution in [0.2, 0.25) is 0 Å². The van der Waals surface area contributed by atoms with Crippen LogP contribution in [0.5, 0.6) is 5.75 Å². The number of carbonyl (C=O) groups excluding carboxylic acids is 1. The van der Waals surface area contributed by atoms with E-state index in [9.17, 15) is 4.79 Å². The number of nitrogens with zero attached hydrogens (tertiary/aromatic N) is 6. The Bertz CT molecular complexity index is 859. The topological polar surface area (TPSA) is 97.0 Å². The van der Waals surface area contributed by atoms with Gasteiger partial charge in [0.2, 0.25) is 5.69 Å². The number of rotatable bonds is 8. The van der Waals surface area contributed by atoms with Crippen molar-refractivity contribution in [3.63, 3.8) is 0 Å². The number of hydrogen-bond acceptors (Lipinski definition) is 7. The smallest absolute Gasteiger partial charge is 0.363 e. The number of unbranched alkanes of at least 4 members (excludes halogenated alkanes) is 1. The van der Waals surface area contributed by atoms with E-state index in [2.05, 4.69) is 27.5 Å². The SMILES string of the molecule is CCCCn1nnnc1COC(=O)c1nn(-c2ccccc2)cc1OC. The number of methoxy groups -OCH3 is 1. The van der Waals surface area contributed by atoms with E-state index in [0.717, 1.165) is 18.5 Å². The number of hydrogen-bond donors (Lipinski definition) is 0. The minimum atomic E-state index is -0.596. The Balaban J connectivity index is 1.72. The van der Waals surface area contributed by atoms with Crippen LogP contribution in [-0.2, 0) is 17.9 Å². The number of carbonyl (C=O) groups is 1. The Hall–Kier alpha value is -3.23. The Morgan fingerprint density at radius 2 is 2.04 bits per heavy atom. The second-order valence-electron chi connectivity index (χ2n) is 5.57. The van der Waals surface area contributed by atoms with Crippen LogP contribution in [0, 0.1) is 0 Å². The van der Waals surface area contributed by atoms with Gasteiger partial charge in [0.05, 0.1) is 19.0 Å². The molecule has 0 aliphatic rings. The maximum Gasteiger partial charge on any atom is 0.363 e. The molecular weight excluding hydrogens is 336 g/mol. The summed E-state index contributed by atoms with van der Waals surface area (Å²) in [6, 6.07) is 9.43. The van der Waals surface area contributed by atoms with E-state index < -0.39 is 5.97 Å². The first-order valence-electron chi connectivity index (χ1n) is 8.34. The highest BCUT2D eigenvalue weighted by Gasteiger charge is 2.21.